The van der Waals surface area contributed by atoms with Crippen LogP contribution < -0.4 is 14.2 Å². The van der Waals surface area contributed by atoms with Gasteiger partial charge in [0.2, 0.25) is 6.29 Å². The molecule has 0 spiro atoms. The monoisotopic (exact) mass is 484 g/mol. The quantitative estimate of drug-likeness (QED) is 0.276. The molecule has 4 aromatic rings. The van der Waals surface area contributed by atoms with E-state index < -0.39 is 31.2 Å². The lowest BCUT2D eigenvalue weighted by Gasteiger charge is -2.17. The van der Waals surface area contributed by atoms with E-state index in [-0.39, 0.29) is 17.2 Å². The van der Waals surface area contributed by atoms with E-state index in [2.05, 4.69) is 0 Å². The lowest BCUT2D eigenvalue weighted by Crippen LogP contribution is -2.35. The van der Waals surface area contributed by atoms with Crippen LogP contribution in [0.4, 0.5) is 0 Å². The van der Waals surface area contributed by atoms with Crippen LogP contribution in [-0.4, -0.2) is 71.0 Å². The van der Waals surface area contributed by atoms with Crippen LogP contribution in [-0.2, 0) is 4.74 Å². The van der Waals surface area contributed by atoms with Gasteiger partial charge in [0.1, 0.15) is 35.4 Å². The highest BCUT2D eigenvalue weighted by molar-refractivity contribution is 6.13. The van der Waals surface area contributed by atoms with E-state index in [1.807, 2.05) is 0 Å². The van der Waals surface area contributed by atoms with E-state index in [1.165, 1.54) is 26.4 Å². The fourth-order valence-corrected chi connectivity index (χ4v) is 4.31. The van der Waals surface area contributed by atoms with Crippen molar-refractivity contribution in [1.29, 1.82) is 0 Å². The van der Waals surface area contributed by atoms with Crippen LogP contribution in [0.25, 0.3) is 33.1 Å². The maximum Gasteiger partial charge on any atom is 0.229 e. The Morgan fingerprint density at radius 1 is 0.914 bits per heavy atom. The number of hydrogen-bond donors (Lipinski definition) is 5. The van der Waals surface area contributed by atoms with Crippen molar-refractivity contribution in [3.63, 3.8) is 0 Å². The Balaban J connectivity index is 1.65. The first kappa shape index (κ1) is 23.1. The number of fused-ring (bicyclic) bond motifs is 3. The molecule has 35 heavy (non-hydrogen) atoms. The number of aromatic hydroxyl groups is 2. The summed E-state index contributed by atoms with van der Waals surface area (Å²) in [5.74, 6) is 0.701. The molecule has 0 bridgehead atoms. The van der Waals surface area contributed by atoms with Gasteiger partial charge in [-0.05, 0) is 29.8 Å². The first-order valence-corrected chi connectivity index (χ1v) is 10.8. The van der Waals surface area contributed by atoms with Gasteiger partial charge in [-0.15, -0.1) is 0 Å². The molecule has 0 amide bonds. The molecule has 10 heteroatoms. The van der Waals surface area contributed by atoms with Crippen molar-refractivity contribution >= 4 is 21.9 Å². The molecule has 1 aliphatic rings. The van der Waals surface area contributed by atoms with Gasteiger partial charge in [0.15, 0.2) is 22.8 Å². The third-order valence-corrected chi connectivity index (χ3v) is 6.09. The SMILES string of the molecule is COc1c(-c2ccc(O)cc2)cc(OC)c2c1oc1cc(O)c(O[C@H]3O[C@@H](CO)[C@@H](O)[C@H]3O)cc12. The number of ether oxygens (including phenoxy) is 4. The van der Waals surface area contributed by atoms with Crippen molar-refractivity contribution in [1.82, 2.24) is 0 Å². The second kappa shape index (κ2) is 8.82. The van der Waals surface area contributed by atoms with Crippen LogP contribution in [0.5, 0.6) is 28.7 Å². The minimum atomic E-state index is -1.43. The molecule has 184 valence electrons. The topological polar surface area (TPSA) is 151 Å². The Morgan fingerprint density at radius 2 is 1.66 bits per heavy atom. The lowest BCUT2D eigenvalue weighted by atomic mass is 10.0. The normalized spacial score (nSPS) is 22.1. The molecule has 0 aliphatic carbocycles. The van der Waals surface area contributed by atoms with Gasteiger partial charge in [-0.2, -0.15) is 0 Å². The third kappa shape index (κ3) is 3.76. The van der Waals surface area contributed by atoms with Crippen molar-refractivity contribution in [3.05, 3.63) is 42.5 Å². The Kier molecular flexibility index (Phi) is 5.81. The number of benzene rings is 3. The maximum absolute atomic E-state index is 10.6. The van der Waals surface area contributed by atoms with Gasteiger partial charge in [-0.3, -0.25) is 0 Å². The van der Waals surface area contributed by atoms with E-state index in [0.717, 1.165) is 5.56 Å². The van der Waals surface area contributed by atoms with Crippen LogP contribution in [0.1, 0.15) is 0 Å². The molecule has 2 heterocycles. The summed E-state index contributed by atoms with van der Waals surface area (Å²) in [4.78, 5) is 0. The summed E-state index contributed by atoms with van der Waals surface area (Å²) in [6.07, 6.45) is -5.08. The van der Waals surface area contributed by atoms with Crippen LogP contribution in [0.3, 0.4) is 0 Å². The number of aliphatic hydroxyl groups is 3. The van der Waals surface area contributed by atoms with Crippen LogP contribution in [0, 0.1) is 0 Å². The molecule has 1 aromatic heterocycles. The Bertz CT molecular complexity index is 1380. The fraction of sp³-hybridized carbons (Fsp3) is 0.280. The van der Waals surface area contributed by atoms with Crippen molar-refractivity contribution < 1.29 is 48.9 Å². The highest BCUT2D eigenvalue weighted by atomic mass is 16.7. The number of phenols is 2. The molecule has 0 radical (unpaired) electrons. The van der Waals surface area contributed by atoms with Crippen molar-refractivity contribution in [2.45, 2.75) is 24.6 Å². The van der Waals surface area contributed by atoms with E-state index in [4.69, 9.17) is 23.4 Å². The summed E-state index contributed by atoms with van der Waals surface area (Å²) in [7, 11) is 3.02. The molecule has 4 atom stereocenters. The maximum atomic E-state index is 10.6. The Hall–Kier alpha value is -3.70. The third-order valence-electron chi connectivity index (χ3n) is 6.09. The molecule has 0 unspecified atom stereocenters. The second-order valence-corrected chi connectivity index (χ2v) is 8.15. The summed E-state index contributed by atoms with van der Waals surface area (Å²) < 4.78 is 28.4. The van der Waals surface area contributed by atoms with Gasteiger partial charge in [-0.1, -0.05) is 12.1 Å². The Morgan fingerprint density at radius 3 is 2.29 bits per heavy atom. The van der Waals surface area contributed by atoms with E-state index in [0.29, 0.717) is 39.0 Å². The number of methoxy groups -OCH3 is 2. The van der Waals surface area contributed by atoms with Crippen molar-refractivity contribution in [2.24, 2.45) is 0 Å². The number of rotatable bonds is 6. The number of phenolic OH excluding ortho intramolecular Hbond substituents is 2. The van der Waals surface area contributed by atoms with Gasteiger partial charge in [-0.25, -0.2) is 0 Å². The standard InChI is InChI=1S/C25H24O10/c1-31-18-7-13(11-3-5-12(27)6-4-11)23(32-2)24-20(18)14-8-17(15(28)9-16(14)33-24)34-25-22(30)21(29)19(10-26)35-25/h3-9,19,21-22,25-30H,10H2,1-2H3/t19-,21+,22+,25-/m0/s1. The zero-order chi connectivity index (χ0) is 24.9. The lowest BCUT2D eigenvalue weighted by molar-refractivity contribution is -0.117. The summed E-state index contributed by atoms with van der Waals surface area (Å²) in [5.41, 5.74) is 2.12. The smallest absolute Gasteiger partial charge is 0.229 e. The molecule has 5 rings (SSSR count). The van der Waals surface area contributed by atoms with Gasteiger partial charge in [0.25, 0.3) is 0 Å². The molecule has 10 nitrogen and oxygen atoms in total. The van der Waals surface area contributed by atoms with E-state index >= 15 is 0 Å². The average Bonchev–Trinajstić information content (AvgIpc) is 3.35. The molecule has 5 N–H and O–H groups in total. The van der Waals surface area contributed by atoms with Gasteiger partial charge in [0.05, 0.1) is 26.2 Å². The average molecular weight is 484 g/mol. The predicted molar refractivity (Wildman–Crippen MR) is 124 cm³/mol. The minimum Gasteiger partial charge on any atom is -0.508 e. The van der Waals surface area contributed by atoms with E-state index in [9.17, 15) is 25.5 Å². The molecular formula is C25H24O10. The molecule has 1 fully saturated rings. The highest BCUT2D eigenvalue weighted by Crippen LogP contribution is 2.48. The Labute approximate surface area is 199 Å². The first-order valence-electron chi connectivity index (χ1n) is 10.8. The highest BCUT2D eigenvalue weighted by Gasteiger charge is 2.44. The number of hydrogen-bond acceptors (Lipinski definition) is 10. The molecule has 1 saturated heterocycles. The number of furan rings is 1. The summed E-state index contributed by atoms with van der Waals surface area (Å²) >= 11 is 0. The largest absolute Gasteiger partial charge is 0.508 e. The minimum absolute atomic E-state index is 0.0290. The summed E-state index contributed by atoms with van der Waals surface area (Å²) in [6, 6.07) is 11.2. The molecular weight excluding hydrogens is 460 g/mol. The zero-order valence-corrected chi connectivity index (χ0v) is 18.8. The van der Waals surface area contributed by atoms with Gasteiger partial charge >= 0.3 is 0 Å². The van der Waals surface area contributed by atoms with Crippen LogP contribution in [0.15, 0.2) is 46.9 Å². The first-order chi connectivity index (χ1) is 16.9. The molecule has 0 saturated carbocycles. The fourth-order valence-electron chi connectivity index (χ4n) is 4.31. The second-order valence-electron chi connectivity index (χ2n) is 8.15. The number of aliphatic hydroxyl groups excluding tert-OH is 3. The van der Waals surface area contributed by atoms with Crippen molar-refractivity contribution in [3.8, 4) is 39.9 Å². The van der Waals surface area contributed by atoms with Gasteiger partial charge < -0.3 is 48.9 Å². The van der Waals surface area contributed by atoms with Gasteiger partial charge in [0, 0.05) is 17.0 Å². The molecule has 3 aromatic carbocycles. The summed E-state index contributed by atoms with van der Waals surface area (Å²) in [6.45, 7) is -0.504. The predicted octanol–water partition coefficient (Wildman–Crippen LogP) is 2.50. The van der Waals surface area contributed by atoms with Crippen molar-refractivity contribution in [2.75, 3.05) is 20.8 Å². The zero-order valence-electron chi connectivity index (χ0n) is 18.8. The molecule has 1 aliphatic heterocycles. The summed E-state index contributed by atoms with van der Waals surface area (Å²) in [5, 5.41) is 50.8. The van der Waals surface area contributed by atoms with Crippen LogP contribution >= 0.6 is 0 Å². The van der Waals surface area contributed by atoms with E-state index in [1.54, 1.807) is 30.3 Å². The van der Waals surface area contributed by atoms with Crippen LogP contribution in [0.2, 0.25) is 0 Å².